The number of nitrogens with zero attached hydrogens (tertiary/aromatic N) is 3. The molecule has 3 amide bonds. The van der Waals surface area contributed by atoms with Crippen molar-refractivity contribution in [1.82, 2.24) is 9.80 Å². The van der Waals surface area contributed by atoms with Gasteiger partial charge < -0.3 is 24.5 Å². The molecule has 230 valence electrons. The summed E-state index contributed by atoms with van der Waals surface area (Å²) < 4.78 is 6.95. The number of benzene rings is 1. The Kier molecular flexibility index (Phi) is 10.3. The second-order valence-corrected chi connectivity index (χ2v) is 12.4. The van der Waals surface area contributed by atoms with Crippen molar-refractivity contribution in [2.24, 2.45) is 17.8 Å². The number of aliphatic hydroxyl groups is 1. The second kappa shape index (κ2) is 13.6. The number of rotatable bonds is 16. The third kappa shape index (κ3) is 5.55. The first-order valence-electron chi connectivity index (χ1n) is 15.7. The van der Waals surface area contributed by atoms with Gasteiger partial charge in [0.25, 0.3) is 0 Å². The summed E-state index contributed by atoms with van der Waals surface area (Å²) in [5, 5.41) is 9.32. The lowest BCUT2D eigenvalue weighted by atomic mass is 9.62. The first-order valence-corrected chi connectivity index (χ1v) is 15.7. The third-order valence-corrected chi connectivity index (χ3v) is 9.71. The van der Waals surface area contributed by atoms with Crippen LogP contribution in [0.25, 0.3) is 0 Å². The summed E-state index contributed by atoms with van der Waals surface area (Å²) in [6.07, 6.45) is 8.91. The van der Waals surface area contributed by atoms with Crippen LogP contribution in [0.15, 0.2) is 55.6 Å². The molecule has 0 saturated carbocycles. The lowest BCUT2D eigenvalue weighted by Crippen LogP contribution is -2.57. The molecule has 3 aliphatic heterocycles. The van der Waals surface area contributed by atoms with Crippen molar-refractivity contribution in [3.05, 3.63) is 55.6 Å². The van der Waals surface area contributed by atoms with Gasteiger partial charge >= 0.3 is 0 Å². The predicted octanol–water partition coefficient (Wildman–Crippen LogP) is 4.58. The van der Waals surface area contributed by atoms with E-state index >= 15 is 0 Å². The Bertz CT molecular complexity index is 1140. The Morgan fingerprint density at radius 2 is 1.79 bits per heavy atom. The van der Waals surface area contributed by atoms with Gasteiger partial charge in [-0.2, -0.15) is 0 Å². The van der Waals surface area contributed by atoms with Gasteiger partial charge in [-0.25, -0.2) is 0 Å². The quantitative estimate of drug-likeness (QED) is 0.229. The topological polar surface area (TPSA) is 90.4 Å². The number of unbranched alkanes of at least 4 members (excludes halogenated alkanes) is 4. The molecule has 3 saturated heterocycles. The Morgan fingerprint density at radius 1 is 1.07 bits per heavy atom. The summed E-state index contributed by atoms with van der Waals surface area (Å²) in [6, 6.07) is 8.64. The van der Waals surface area contributed by atoms with Gasteiger partial charge in [-0.15, -0.1) is 13.2 Å². The number of aliphatic hydroxyl groups excluding tert-OH is 1. The lowest BCUT2D eigenvalue weighted by Gasteiger charge is -2.39. The fraction of sp³-hybridized carbons (Fsp3) is 0.618. The molecule has 0 radical (unpaired) electrons. The molecule has 8 nitrogen and oxygen atoms in total. The van der Waals surface area contributed by atoms with Gasteiger partial charge in [0.1, 0.15) is 11.6 Å². The van der Waals surface area contributed by atoms with E-state index in [9.17, 15) is 19.5 Å². The van der Waals surface area contributed by atoms with Crippen molar-refractivity contribution in [2.45, 2.75) is 83.0 Å². The van der Waals surface area contributed by atoms with Gasteiger partial charge in [-0.1, -0.05) is 57.0 Å². The highest BCUT2D eigenvalue weighted by molar-refractivity contribution is 6.03. The van der Waals surface area contributed by atoms with Crippen LogP contribution in [0.1, 0.15) is 65.7 Å². The predicted molar refractivity (Wildman–Crippen MR) is 165 cm³/mol. The van der Waals surface area contributed by atoms with Crippen molar-refractivity contribution in [3.63, 3.8) is 0 Å². The highest BCUT2D eigenvalue weighted by Crippen LogP contribution is 2.65. The molecule has 1 N–H and O–H groups in total. The number of hydrogen-bond acceptors (Lipinski definition) is 5. The highest BCUT2D eigenvalue weighted by atomic mass is 16.5. The number of carbonyl (C=O) groups excluding carboxylic acids is 3. The SMILES string of the molecule is C=CCN(CCCCC)C(=O)C1N(CCCCCO)C(=O)[C@@H]2[C@H](C(=O)N(CC=C)c3ccccc3)[C@@]3(C)OC12CC3C. The van der Waals surface area contributed by atoms with Crippen LogP contribution in [0.5, 0.6) is 0 Å². The van der Waals surface area contributed by atoms with Gasteiger partial charge in [0.05, 0.1) is 17.4 Å². The van der Waals surface area contributed by atoms with E-state index in [4.69, 9.17) is 4.74 Å². The molecule has 42 heavy (non-hydrogen) atoms. The van der Waals surface area contributed by atoms with Crippen molar-refractivity contribution in [3.8, 4) is 0 Å². The van der Waals surface area contributed by atoms with E-state index in [-0.39, 0.29) is 30.2 Å². The van der Waals surface area contributed by atoms with Crippen LogP contribution in [-0.2, 0) is 19.1 Å². The van der Waals surface area contributed by atoms with Gasteiger partial charge in [0.15, 0.2) is 0 Å². The van der Waals surface area contributed by atoms with E-state index in [0.29, 0.717) is 45.4 Å². The molecule has 6 atom stereocenters. The van der Waals surface area contributed by atoms with Gasteiger partial charge in [-0.3, -0.25) is 14.4 Å². The number of amides is 3. The largest absolute Gasteiger partial charge is 0.396 e. The molecule has 1 aromatic carbocycles. The average Bonchev–Trinajstić information content (AvgIpc) is 3.49. The molecular formula is C34H49N3O5. The Morgan fingerprint density at radius 3 is 2.43 bits per heavy atom. The minimum Gasteiger partial charge on any atom is -0.396 e. The van der Waals surface area contributed by atoms with Gasteiger partial charge in [-0.05, 0) is 57.1 Å². The first kappa shape index (κ1) is 32.0. The standard InChI is InChI=1S/C34H49N3O5/c1-6-9-14-21-35(19-7-2)32(41)29-34-24-25(4)33(5,42-34)27(28(34)31(40)37(29)22-15-11-16-23-38)30(39)36(20-8-3)26-17-12-10-13-18-26/h7-8,10,12-13,17-18,25,27-29,38H,2-3,6,9,11,14-16,19-24H2,1,4-5H3/t25?,27-,28+,29?,33+,34?/m1/s1. The van der Waals surface area contributed by atoms with E-state index in [1.54, 1.807) is 22.0 Å². The molecular weight excluding hydrogens is 530 g/mol. The number of fused-ring (bicyclic) bond motifs is 1. The van der Waals surface area contributed by atoms with Crippen LogP contribution >= 0.6 is 0 Å². The van der Waals surface area contributed by atoms with Crippen LogP contribution < -0.4 is 4.90 Å². The Balaban J connectivity index is 1.77. The molecule has 1 spiro atoms. The monoisotopic (exact) mass is 579 g/mol. The van der Waals surface area contributed by atoms with E-state index < -0.39 is 29.1 Å². The van der Waals surface area contributed by atoms with Crippen LogP contribution in [0, 0.1) is 17.8 Å². The van der Waals surface area contributed by atoms with Crippen LogP contribution in [0.3, 0.4) is 0 Å². The molecule has 8 heteroatoms. The third-order valence-electron chi connectivity index (χ3n) is 9.71. The van der Waals surface area contributed by atoms with Crippen LogP contribution in [-0.4, -0.2) is 82.7 Å². The normalized spacial score (nSPS) is 29.4. The van der Waals surface area contributed by atoms with Gasteiger partial charge in [0.2, 0.25) is 17.7 Å². The minimum absolute atomic E-state index is 0.0329. The maximum Gasteiger partial charge on any atom is 0.248 e. The summed E-state index contributed by atoms with van der Waals surface area (Å²) in [5.41, 5.74) is -1.23. The average molecular weight is 580 g/mol. The molecule has 4 rings (SSSR count). The maximum absolute atomic E-state index is 14.5. The fourth-order valence-corrected chi connectivity index (χ4v) is 7.61. The summed E-state index contributed by atoms with van der Waals surface area (Å²) >= 11 is 0. The zero-order valence-electron chi connectivity index (χ0n) is 25.7. The van der Waals surface area contributed by atoms with E-state index in [0.717, 1.165) is 31.4 Å². The summed E-state index contributed by atoms with van der Waals surface area (Å²) in [4.78, 5) is 48.7. The number of ether oxygens (including phenoxy) is 1. The number of likely N-dealkylation sites (tertiary alicyclic amines) is 1. The summed E-state index contributed by atoms with van der Waals surface area (Å²) in [5.74, 6) is -2.00. The number of hydrogen-bond donors (Lipinski definition) is 1. The zero-order chi connectivity index (χ0) is 30.5. The first-order chi connectivity index (χ1) is 20.2. The smallest absolute Gasteiger partial charge is 0.248 e. The molecule has 1 aromatic rings. The second-order valence-electron chi connectivity index (χ2n) is 12.4. The van der Waals surface area contributed by atoms with E-state index in [1.165, 1.54) is 0 Å². The van der Waals surface area contributed by atoms with Crippen molar-refractivity contribution in [2.75, 3.05) is 37.7 Å². The Hall–Kier alpha value is -2.97. The Labute approximate surface area is 251 Å². The van der Waals surface area contributed by atoms with Crippen LogP contribution in [0.2, 0.25) is 0 Å². The molecule has 0 aliphatic carbocycles. The lowest BCUT2D eigenvalue weighted by molar-refractivity contribution is -0.152. The number of anilines is 1. The van der Waals surface area contributed by atoms with E-state index in [1.807, 2.05) is 42.2 Å². The van der Waals surface area contributed by atoms with E-state index in [2.05, 4.69) is 27.0 Å². The molecule has 2 bridgehead atoms. The molecule has 0 aromatic heterocycles. The number of para-hydroxylation sites is 1. The molecule has 3 heterocycles. The highest BCUT2D eigenvalue weighted by Gasteiger charge is 2.80. The maximum atomic E-state index is 14.5. The van der Waals surface area contributed by atoms with Crippen molar-refractivity contribution < 1.29 is 24.2 Å². The molecule has 3 fully saturated rings. The summed E-state index contributed by atoms with van der Waals surface area (Å²) in [6.45, 7) is 15.7. The summed E-state index contributed by atoms with van der Waals surface area (Å²) in [7, 11) is 0. The molecule has 3 unspecified atom stereocenters. The zero-order valence-corrected chi connectivity index (χ0v) is 25.7. The van der Waals surface area contributed by atoms with Crippen molar-refractivity contribution >= 4 is 23.4 Å². The fourth-order valence-electron chi connectivity index (χ4n) is 7.61. The number of carbonyl (C=O) groups is 3. The van der Waals surface area contributed by atoms with Crippen molar-refractivity contribution in [1.29, 1.82) is 0 Å². The minimum atomic E-state index is -1.08. The van der Waals surface area contributed by atoms with Gasteiger partial charge in [0, 0.05) is 38.5 Å². The molecule has 3 aliphatic rings. The van der Waals surface area contributed by atoms with Crippen LogP contribution in [0.4, 0.5) is 5.69 Å².